The number of pyridine rings is 1. The van der Waals surface area contributed by atoms with E-state index in [-0.39, 0.29) is 16.6 Å². The largest absolute Gasteiger partial charge is 0.507 e. The Morgan fingerprint density at radius 1 is 0.525 bits per heavy atom. The van der Waals surface area contributed by atoms with E-state index in [0.29, 0.717) is 11.4 Å². The Balaban J connectivity index is 1.39. The third-order valence-corrected chi connectivity index (χ3v) is 11.9. The molecule has 0 saturated carbocycles. The Kier molecular flexibility index (Phi) is 9.03. The molecule has 298 valence electrons. The van der Waals surface area contributed by atoms with Crippen LogP contribution in [0.5, 0.6) is 5.75 Å². The number of aromatic nitrogens is 3. The molecule has 0 unspecified atom stereocenters. The number of hydrogen-bond acceptors (Lipinski definition) is 4. The maximum Gasteiger partial charge on any atom is 0.149 e. The van der Waals surface area contributed by atoms with Crippen LogP contribution in [0.15, 0.2) is 174 Å². The highest BCUT2D eigenvalue weighted by Crippen LogP contribution is 2.48. The van der Waals surface area contributed by atoms with Gasteiger partial charge in [0, 0.05) is 44.8 Å². The van der Waals surface area contributed by atoms with Crippen molar-refractivity contribution in [2.45, 2.75) is 52.4 Å². The van der Waals surface area contributed by atoms with Crippen molar-refractivity contribution in [3.63, 3.8) is 0 Å². The smallest absolute Gasteiger partial charge is 0.149 e. The third-order valence-electron chi connectivity index (χ3n) is 11.9. The van der Waals surface area contributed by atoms with Gasteiger partial charge in [-0.15, -0.1) is 0 Å². The summed E-state index contributed by atoms with van der Waals surface area (Å²) in [5.74, 6) is 0.892. The fourth-order valence-electron chi connectivity index (χ4n) is 8.77. The molecule has 0 bridgehead atoms. The van der Waals surface area contributed by atoms with Crippen molar-refractivity contribution in [1.29, 1.82) is 0 Å². The number of aromatic hydroxyl groups is 1. The molecule has 0 fully saturated rings. The average Bonchev–Trinajstić information content (AvgIpc) is 3.85. The molecular formula is C56H47N3O2. The Bertz CT molecular complexity index is 3200. The number of para-hydroxylation sites is 3. The Morgan fingerprint density at radius 3 is 1.82 bits per heavy atom. The van der Waals surface area contributed by atoms with Crippen molar-refractivity contribution < 1.29 is 9.52 Å². The molecule has 0 aliphatic heterocycles. The molecule has 7 aromatic carbocycles. The molecule has 0 amide bonds. The lowest BCUT2D eigenvalue weighted by molar-refractivity contribution is 0.446. The van der Waals surface area contributed by atoms with Crippen LogP contribution in [0.2, 0.25) is 0 Å². The summed E-state index contributed by atoms with van der Waals surface area (Å²) in [5.41, 5.74) is 14.4. The first-order chi connectivity index (χ1) is 29.5. The second-order valence-electron chi connectivity index (χ2n) is 18.0. The zero-order valence-electron chi connectivity index (χ0n) is 35.4. The van der Waals surface area contributed by atoms with E-state index in [1.165, 1.54) is 0 Å². The first-order valence-electron chi connectivity index (χ1n) is 21.0. The number of imidazole rings is 1. The Labute approximate surface area is 356 Å². The van der Waals surface area contributed by atoms with Gasteiger partial charge < -0.3 is 9.52 Å². The SMILES string of the molecule is CC(C)(C)c1cc(-c2nc3c(-c4cc(-c5ccccn5)cc5oc6ccccc6c45)cccc3n2-c2c(-c3ccccc3)cccc2-c2ccccc2)c(O)c(C(C)(C)C)c1. The van der Waals surface area contributed by atoms with Gasteiger partial charge in [0.05, 0.1) is 28.0 Å². The van der Waals surface area contributed by atoms with Gasteiger partial charge in [-0.1, -0.05) is 163 Å². The lowest BCUT2D eigenvalue weighted by atomic mass is 9.79. The van der Waals surface area contributed by atoms with Crippen LogP contribution in [0.25, 0.3) is 94.7 Å². The average molecular weight is 794 g/mol. The second kappa shape index (κ2) is 14.5. The van der Waals surface area contributed by atoms with Crippen molar-refractivity contribution in [3.05, 3.63) is 181 Å². The van der Waals surface area contributed by atoms with Crippen LogP contribution in [0.4, 0.5) is 0 Å². The van der Waals surface area contributed by atoms with E-state index in [9.17, 15) is 5.11 Å². The van der Waals surface area contributed by atoms with Crippen LogP contribution in [-0.4, -0.2) is 19.6 Å². The summed E-state index contributed by atoms with van der Waals surface area (Å²) in [6.07, 6.45) is 1.82. The van der Waals surface area contributed by atoms with Gasteiger partial charge in [0.1, 0.15) is 22.7 Å². The highest BCUT2D eigenvalue weighted by molar-refractivity contribution is 6.16. The summed E-state index contributed by atoms with van der Waals surface area (Å²) < 4.78 is 8.90. The van der Waals surface area contributed by atoms with Gasteiger partial charge in [0.2, 0.25) is 0 Å². The fraction of sp³-hybridized carbons (Fsp3) is 0.143. The Morgan fingerprint density at radius 2 is 1.16 bits per heavy atom. The summed E-state index contributed by atoms with van der Waals surface area (Å²) in [6, 6.07) is 56.9. The van der Waals surface area contributed by atoms with Crippen LogP contribution >= 0.6 is 0 Å². The summed E-state index contributed by atoms with van der Waals surface area (Å²) in [5, 5.41) is 14.7. The highest BCUT2D eigenvalue weighted by Gasteiger charge is 2.30. The fourth-order valence-corrected chi connectivity index (χ4v) is 8.77. The minimum absolute atomic E-state index is 0.207. The van der Waals surface area contributed by atoms with Crippen LogP contribution in [0.1, 0.15) is 52.7 Å². The van der Waals surface area contributed by atoms with Gasteiger partial charge in [-0.25, -0.2) is 4.98 Å². The number of hydrogen-bond donors (Lipinski definition) is 1. The van der Waals surface area contributed by atoms with Crippen LogP contribution in [-0.2, 0) is 10.8 Å². The Hall–Kier alpha value is -7.24. The van der Waals surface area contributed by atoms with Crippen LogP contribution in [0.3, 0.4) is 0 Å². The predicted molar refractivity (Wildman–Crippen MR) is 252 cm³/mol. The first-order valence-corrected chi connectivity index (χ1v) is 21.0. The monoisotopic (exact) mass is 793 g/mol. The molecule has 0 spiro atoms. The number of phenolic OH excluding ortho intramolecular Hbond substituents is 1. The van der Waals surface area contributed by atoms with Crippen molar-refractivity contribution in [1.82, 2.24) is 14.5 Å². The maximum absolute atomic E-state index is 12.6. The van der Waals surface area contributed by atoms with Gasteiger partial charge in [0.15, 0.2) is 0 Å². The van der Waals surface area contributed by atoms with Crippen LogP contribution in [0, 0.1) is 0 Å². The molecule has 3 heterocycles. The molecule has 3 aromatic heterocycles. The number of rotatable bonds is 6. The molecule has 61 heavy (non-hydrogen) atoms. The summed E-state index contributed by atoms with van der Waals surface area (Å²) in [7, 11) is 0. The van der Waals surface area contributed by atoms with E-state index < -0.39 is 0 Å². The molecule has 10 rings (SSSR count). The lowest BCUT2D eigenvalue weighted by Gasteiger charge is -2.28. The normalized spacial score (nSPS) is 12.2. The van der Waals surface area contributed by atoms with E-state index in [0.717, 1.165) is 94.4 Å². The topological polar surface area (TPSA) is 64.1 Å². The van der Waals surface area contributed by atoms with Gasteiger partial charge in [0.25, 0.3) is 0 Å². The van der Waals surface area contributed by atoms with Crippen LogP contribution < -0.4 is 0 Å². The molecule has 0 aliphatic rings. The van der Waals surface area contributed by atoms with Gasteiger partial charge in [-0.05, 0) is 75.5 Å². The molecule has 0 radical (unpaired) electrons. The molecule has 5 nitrogen and oxygen atoms in total. The summed E-state index contributed by atoms with van der Waals surface area (Å²) in [4.78, 5) is 10.5. The maximum atomic E-state index is 12.6. The standard InChI is InChI=1S/C56H47N3O2/c1-55(2,3)38-33-44(53(60)45(34-38)56(4,5)6)54-58-51-41(43-31-37(46-27-15-16-30-57-46)32-49-50(43)42-23-13-14-29-48(42)61-49)26-18-28-47(51)59(54)52-39(35-19-9-7-10-20-35)24-17-25-40(52)36-21-11-8-12-22-36/h7-34,60H,1-6H3. The molecule has 10 aromatic rings. The van der Waals surface area contributed by atoms with E-state index in [2.05, 4.69) is 180 Å². The molecule has 0 atom stereocenters. The molecule has 0 aliphatic carbocycles. The third kappa shape index (κ3) is 6.58. The minimum atomic E-state index is -0.348. The first kappa shape index (κ1) is 38.0. The summed E-state index contributed by atoms with van der Waals surface area (Å²) in [6.45, 7) is 13.2. The zero-order valence-corrected chi connectivity index (χ0v) is 35.4. The zero-order chi connectivity index (χ0) is 42.0. The summed E-state index contributed by atoms with van der Waals surface area (Å²) >= 11 is 0. The molecule has 0 saturated heterocycles. The van der Waals surface area contributed by atoms with Crippen molar-refractivity contribution in [3.8, 4) is 67.5 Å². The van der Waals surface area contributed by atoms with Gasteiger partial charge in [-0.3, -0.25) is 9.55 Å². The second-order valence-corrected chi connectivity index (χ2v) is 18.0. The van der Waals surface area contributed by atoms with E-state index in [1.807, 2.05) is 36.5 Å². The number of fused-ring (bicyclic) bond motifs is 4. The van der Waals surface area contributed by atoms with E-state index in [1.54, 1.807) is 0 Å². The van der Waals surface area contributed by atoms with Crippen molar-refractivity contribution in [2.75, 3.05) is 0 Å². The number of phenols is 1. The van der Waals surface area contributed by atoms with Crippen molar-refractivity contribution in [2.24, 2.45) is 0 Å². The quantitative estimate of drug-likeness (QED) is 0.182. The van der Waals surface area contributed by atoms with E-state index in [4.69, 9.17) is 14.4 Å². The molecule has 1 N–H and O–H groups in total. The van der Waals surface area contributed by atoms with Crippen molar-refractivity contribution >= 4 is 33.0 Å². The van der Waals surface area contributed by atoms with Gasteiger partial charge in [-0.2, -0.15) is 0 Å². The number of furan rings is 1. The number of benzene rings is 7. The van der Waals surface area contributed by atoms with Gasteiger partial charge >= 0.3 is 0 Å². The highest BCUT2D eigenvalue weighted by atomic mass is 16.3. The minimum Gasteiger partial charge on any atom is -0.507 e. The van der Waals surface area contributed by atoms with E-state index >= 15 is 0 Å². The molecular weight excluding hydrogens is 747 g/mol. The molecule has 5 heteroatoms. The lowest BCUT2D eigenvalue weighted by Crippen LogP contribution is -2.17. The number of nitrogens with zero attached hydrogens (tertiary/aromatic N) is 3. The predicted octanol–water partition coefficient (Wildman–Crippen LogP) is 15.0.